The van der Waals surface area contributed by atoms with Crippen molar-refractivity contribution >= 4 is 21.8 Å². The summed E-state index contributed by atoms with van der Waals surface area (Å²) in [6.45, 7) is 8.72. The Labute approximate surface area is 167 Å². The number of piperidine rings is 1. The van der Waals surface area contributed by atoms with Crippen LogP contribution in [0.15, 0.2) is 45.8 Å². The molecule has 1 saturated heterocycles. The highest BCUT2D eigenvalue weighted by Gasteiger charge is 2.31. The molecule has 1 aromatic carbocycles. The number of aliphatic imine (C=N–C) groups is 1. The maximum Gasteiger partial charge on any atom is 0.263 e. The predicted octanol–water partition coefficient (Wildman–Crippen LogP) is 1.66. The summed E-state index contributed by atoms with van der Waals surface area (Å²) in [4.78, 5) is 19.5. The smallest absolute Gasteiger partial charge is 0.263 e. The van der Waals surface area contributed by atoms with Gasteiger partial charge in [-0.3, -0.25) is 19.4 Å². The first-order chi connectivity index (χ1) is 13.3. The lowest BCUT2D eigenvalue weighted by Gasteiger charge is -2.32. The van der Waals surface area contributed by atoms with E-state index >= 15 is 0 Å². The Morgan fingerprint density at radius 1 is 1.32 bits per heavy atom. The second-order valence-electron chi connectivity index (χ2n) is 7.62. The van der Waals surface area contributed by atoms with E-state index in [-0.39, 0.29) is 22.7 Å². The normalized spacial score (nSPS) is 21.6. The summed E-state index contributed by atoms with van der Waals surface area (Å²) in [7, 11) is -3.59. The number of rotatable bonds is 5. The number of hydrogen-bond donors (Lipinski definition) is 2. The minimum absolute atomic E-state index is 0.130. The maximum absolute atomic E-state index is 12.6. The molecule has 1 aromatic rings. The molecule has 0 bridgehead atoms. The summed E-state index contributed by atoms with van der Waals surface area (Å²) in [6, 6.07) is 6.11. The van der Waals surface area contributed by atoms with Gasteiger partial charge in [0.05, 0.1) is 4.90 Å². The molecule has 2 N–H and O–H groups in total. The summed E-state index contributed by atoms with van der Waals surface area (Å²) >= 11 is 0. The lowest BCUT2D eigenvalue weighted by molar-refractivity contribution is -0.122. The van der Waals surface area contributed by atoms with E-state index in [0.717, 1.165) is 32.5 Å². The van der Waals surface area contributed by atoms with E-state index in [1.165, 1.54) is 11.6 Å². The zero-order valence-electron chi connectivity index (χ0n) is 16.6. The van der Waals surface area contributed by atoms with Crippen molar-refractivity contribution in [3.63, 3.8) is 0 Å². The molecule has 3 rings (SSSR count). The van der Waals surface area contributed by atoms with Gasteiger partial charge in [0, 0.05) is 31.2 Å². The van der Waals surface area contributed by atoms with Crippen molar-refractivity contribution in [1.82, 2.24) is 14.9 Å². The number of nitrogens with zero attached hydrogens (tertiary/aromatic N) is 2. The number of hydrogen-bond acceptors (Lipinski definition) is 5. The molecule has 1 amide bonds. The summed E-state index contributed by atoms with van der Waals surface area (Å²) < 4.78 is 26.8. The number of carbonyl (C=O) groups is 1. The average Bonchev–Trinajstić information content (AvgIpc) is 2.91. The highest BCUT2D eigenvalue weighted by Crippen LogP contribution is 2.22. The fraction of sp³-hybridized carbons (Fsp3) is 0.500. The molecule has 152 valence electrons. The van der Waals surface area contributed by atoms with Gasteiger partial charge in [-0.25, -0.2) is 8.42 Å². The van der Waals surface area contributed by atoms with E-state index in [1.54, 1.807) is 25.1 Å². The molecular weight excluding hydrogens is 376 g/mol. The molecule has 0 radical (unpaired) electrons. The summed E-state index contributed by atoms with van der Waals surface area (Å²) in [5.41, 5.74) is 1.82. The number of benzene rings is 1. The van der Waals surface area contributed by atoms with Gasteiger partial charge < -0.3 is 5.32 Å². The van der Waals surface area contributed by atoms with Crippen LogP contribution >= 0.6 is 0 Å². The van der Waals surface area contributed by atoms with Crippen LogP contribution < -0.4 is 10.0 Å². The van der Waals surface area contributed by atoms with Gasteiger partial charge in [0.1, 0.15) is 11.9 Å². The van der Waals surface area contributed by atoms with Crippen LogP contribution in [0.1, 0.15) is 39.2 Å². The largest absolute Gasteiger partial charge is 0.351 e. The van der Waals surface area contributed by atoms with Crippen molar-refractivity contribution in [1.29, 1.82) is 0 Å². The number of nitrogens with one attached hydrogen (secondary N) is 2. The number of fused-ring (bicyclic) bond motifs is 1. The van der Waals surface area contributed by atoms with Crippen molar-refractivity contribution in [3.05, 3.63) is 41.5 Å². The highest BCUT2D eigenvalue weighted by molar-refractivity contribution is 7.90. The van der Waals surface area contributed by atoms with Crippen molar-refractivity contribution in [3.8, 4) is 0 Å². The summed E-state index contributed by atoms with van der Waals surface area (Å²) in [5.74, 6) is 0.0496. The number of likely N-dealkylation sites (tertiary alicyclic amines) is 1. The van der Waals surface area contributed by atoms with E-state index in [1.807, 2.05) is 0 Å². The quantitative estimate of drug-likeness (QED) is 0.731. The summed E-state index contributed by atoms with van der Waals surface area (Å²) in [5, 5.41) is 3.06. The number of amidine groups is 1. The van der Waals surface area contributed by atoms with Gasteiger partial charge in [0.15, 0.2) is 0 Å². The molecule has 0 aliphatic carbocycles. The molecule has 7 nitrogen and oxygen atoms in total. The van der Waals surface area contributed by atoms with Gasteiger partial charge in [0.2, 0.25) is 5.91 Å². The zero-order chi connectivity index (χ0) is 20.3. The Morgan fingerprint density at radius 2 is 2.00 bits per heavy atom. The average molecular weight is 405 g/mol. The SMILES string of the molecule is CC(C)=CCN1CCC(NC(=O)[C@H](C)N=C2NS(=O)(=O)c3ccccc32)CC1. The fourth-order valence-electron chi connectivity index (χ4n) is 3.38. The third-order valence-corrected chi connectivity index (χ3v) is 6.45. The first-order valence-corrected chi connectivity index (χ1v) is 11.1. The van der Waals surface area contributed by atoms with Crippen LogP contribution in [0.5, 0.6) is 0 Å². The van der Waals surface area contributed by atoms with Crippen molar-refractivity contribution < 1.29 is 13.2 Å². The van der Waals surface area contributed by atoms with Crippen LogP contribution in [0.25, 0.3) is 0 Å². The van der Waals surface area contributed by atoms with E-state index < -0.39 is 16.1 Å². The Bertz CT molecular complexity index is 896. The third kappa shape index (κ3) is 4.80. The van der Waals surface area contributed by atoms with Crippen LogP contribution in [0.4, 0.5) is 0 Å². The molecule has 2 aliphatic heterocycles. The molecule has 0 unspecified atom stereocenters. The van der Waals surface area contributed by atoms with Gasteiger partial charge in [-0.1, -0.05) is 23.8 Å². The van der Waals surface area contributed by atoms with Crippen LogP contribution in [0, 0.1) is 0 Å². The van der Waals surface area contributed by atoms with Crippen molar-refractivity contribution in [2.45, 2.75) is 50.6 Å². The van der Waals surface area contributed by atoms with E-state index in [2.05, 4.69) is 39.9 Å². The number of sulfonamides is 1. The predicted molar refractivity (Wildman–Crippen MR) is 110 cm³/mol. The fourth-order valence-corrected chi connectivity index (χ4v) is 4.61. The molecule has 0 spiro atoms. The molecule has 1 atom stereocenters. The molecule has 8 heteroatoms. The number of amides is 1. The van der Waals surface area contributed by atoms with Gasteiger partial charge >= 0.3 is 0 Å². The minimum atomic E-state index is -3.59. The van der Waals surface area contributed by atoms with Gasteiger partial charge in [-0.15, -0.1) is 0 Å². The first-order valence-electron chi connectivity index (χ1n) is 9.62. The molecule has 2 aliphatic rings. The molecule has 0 saturated carbocycles. The molecule has 2 heterocycles. The Hall–Kier alpha value is -2.19. The van der Waals surface area contributed by atoms with E-state index in [0.29, 0.717) is 5.56 Å². The number of allylic oxidation sites excluding steroid dienone is 1. The standard InChI is InChI=1S/C20H28N4O3S/c1-14(2)8-11-24-12-9-16(10-13-24)22-20(25)15(3)21-19-17-6-4-5-7-18(17)28(26,27)23-19/h4-8,15-16H,9-13H2,1-3H3,(H,21,23)(H,22,25)/t15-/m0/s1. The summed E-state index contributed by atoms with van der Waals surface area (Å²) in [6.07, 6.45) is 4.03. The zero-order valence-corrected chi connectivity index (χ0v) is 17.4. The van der Waals surface area contributed by atoms with Gasteiger partial charge in [-0.05, 0) is 45.7 Å². The van der Waals surface area contributed by atoms with E-state index in [4.69, 9.17) is 0 Å². The Morgan fingerprint density at radius 3 is 2.68 bits per heavy atom. The number of carbonyl (C=O) groups excluding carboxylic acids is 1. The molecule has 1 fully saturated rings. The Balaban J connectivity index is 1.58. The van der Waals surface area contributed by atoms with Crippen molar-refractivity contribution in [2.24, 2.45) is 4.99 Å². The Kier molecular flexibility index (Phi) is 6.20. The lowest BCUT2D eigenvalue weighted by atomic mass is 10.0. The first kappa shape index (κ1) is 20.5. The highest BCUT2D eigenvalue weighted by atomic mass is 32.2. The van der Waals surface area contributed by atoms with Crippen molar-refractivity contribution in [2.75, 3.05) is 19.6 Å². The van der Waals surface area contributed by atoms with Crippen LogP contribution in [0.3, 0.4) is 0 Å². The minimum Gasteiger partial charge on any atom is -0.351 e. The van der Waals surface area contributed by atoms with Gasteiger partial charge in [0.25, 0.3) is 10.0 Å². The maximum atomic E-state index is 12.6. The third-order valence-electron chi connectivity index (χ3n) is 5.06. The molecular formula is C20H28N4O3S. The molecule has 28 heavy (non-hydrogen) atoms. The second kappa shape index (κ2) is 8.45. The van der Waals surface area contributed by atoms with Crippen LogP contribution in [-0.2, 0) is 14.8 Å². The topological polar surface area (TPSA) is 90.9 Å². The molecule has 0 aromatic heterocycles. The van der Waals surface area contributed by atoms with Gasteiger partial charge in [-0.2, -0.15) is 0 Å². The second-order valence-corrected chi connectivity index (χ2v) is 9.27. The van der Waals surface area contributed by atoms with Crippen LogP contribution in [0.2, 0.25) is 0 Å². The monoisotopic (exact) mass is 404 g/mol. The lowest BCUT2D eigenvalue weighted by Crippen LogP contribution is -2.47. The van der Waals surface area contributed by atoms with Crippen LogP contribution in [-0.4, -0.2) is 56.8 Å². The van der Waals surface area contributed by atoms with E-state index in [9.17, 15) is 13.2 Å².